The second kappa shape index (κ2) is 10.3. The van der Waals surface area contributed by atoms with E-state index in [9.17, 15) is 9.90 Å². The lowest BCUT2D eigenvalue weighted by molar-refractivity contribution is 0.0886. The molecular weight excluding hydrogens is 402 g/mol. The summed E-state index contributed by atoms with van der Waals surface area (Å²) in [4.78, 5) is 13.8. The molecule has 1 aliphatic heterocycles. The normalized spacial score (nSPS) is 23.1. The first-order valence-electron chi connectivity index (χ1n) is 12.4. The van der Waals surface area contributed by atoms with E-state index in [1.54, 1.807) is 0 Å². The Morgan fingerprint density at radius 2 is 1.78 bits per heavy atom. The van der Waals surface area contributed by atoms with Gasteiger partial charge in [-0.15, -0.1) is 0 Å². The zero-order valence-electron chi connectivity index (χ0n) is 19.6. The summed E-state index contributed by atoms with van der Waals surface area (Å²) in [5.41, 5.74) is 8.36. The van der Waals surface area contributed by atoms with Gasteiger partial charge >= 0.3 is 6.09 Å². The quantitative estimate of drug-likeness (QED) is 0.657. The van der Waals surface area contributed by atoms with Crippen LogP contribution in [0.15, 0.2) is 24.3 Å². The van der Waals surface area contributed by atoms with E-state index in [0.29, 0.717) is 12.5 Å². The molecule has 0 unspecified atom stereocenters. The number of piperidine rings is 1. The Labute approximate surface area is 191 Å². The van der Waals surface area contributed by atoms with Crippen molar-refractivity contribution in [1.82, 2.24) is 9.47 Å². The predicted molar refractivity (Wildman–Crippen MR) is 128 cm³/mol. The molecule has 0 bridgehead atoms. The molecule has 0 atom stereocenters. The second-order valence-corrected chi connectivity index (χ2v) is 9.97. The Kier molecular flexibility index (Phi) is 7.41. The van der Waals surface area contributed by atoms with Crippen LogP contribution in [0.4, 0.5) is 4.79 Å². The van der Waals surface area contributed by atoms with E-state index in [1.165, 1.54) is 31.2 Å². The van der Waals surface area contributed by atoms with Gasteiger partial charge in [-0.2, -0.15) is 0 Å². The smallest absolute Gasteiger partial charge is 0.404 e. The second-order valence-electron chi connectivity index (χ2n) is 9.97. The highest BCUT2D eigenvalue weighted by molar-refractivity contribution is 5.85. The van der Waals surface area contributed by atoms with Crippen LogP contribution in [0.3, 0.4) is 0 Å². The minimum Gasteiger partial charge on any atom is -0.449 e. The molecule has 0 spiro atoms. The molecule has 176 valence electrons. The van der Waals surface area contributed by atoms with Crippen LogP contribution in [0.5, 0.6) is 0 Å². The Balaban J connectivity index is 1.49. The molecule has 2 fully saturated rings. The fourth-order valence-corrected chi connectivity index (χ4v) is 6.14. The van der Waals surface area contributed by atoms with Gasteiger partial charge in [0.1, 0.15) is 0 Å². The Morgan fingerprint density at radius 3 is 2.41 bits per heavy atom. The number of hydrogen-bond acceptors (Lipinski definition) is 4. The maximum Gasteiger partial charge on any atom is 0.404 e. The molecule has 1 saturated heterocycles. The number of rotatable bonds is 7. The number of likely N-dealkylation sites (tertiary alicyclic amines) is 1. The highest BCUT2D eigenvalue weighted by atomic mass is 16.5. The third kappa shape index (κ3) is 4.81. The molecule has 1 aromatic carbocycles. The molecule has 6 nitrogen and oxygen atoms in total. The average Bonchev–Trinajstić information content (AvgIpc) is 3.12. The van der Waals surface area contributed by atoms with Gasteiger partial charge in [0.2, 0.25) is 0 Å². The topological polar surface area (TPSA) is 80.7 Å². The average molecular weight is 442 g/mol. The fourth-order valence-electron chi connectivity index (χ4n) is 6.14. The van der Waals surface area contributed by atoms with E-state index in [0.717, 1.165) is 60.5 Å². The van der Waals surface area contributed by atoms with Crippen molar-refractivity contribution in [2.45, 2.75) is 77.5 Å². The lowest BCUT2D eigenvalue weighted by Gasteiger charge is -2.42. The molecule has 1 amide bonds. The Bertz CT molecular complexity index is 906. The molecule has 2 aromatic rings. The zero-order chi connectivity index (χ0) is 22.7. The monoisotopic (exact) mass is 441 g/mol. The Hall–Kier alpha value is -2.05. The number of ether oxygens (including phenoxy) is 1. The van der Waals surface area contributed by atoms with E-state index in [2.05, 4.69) is 41.5 Å². The summed E-state index contributed by atoms with van der Waals surface area (Å²) < 4.78 is 7.46. The number of para-hydroxylation sites is 1. The summed E-state index contributed by atoms with van der Waals surface area (Å²) >= 11 is 0. The minimum absolute atomic E-state index is 0.0165. The number of aromatic nitrogens is 1. The lowest BCUT2D eigenvalue weighted by Crippen LogP contribution is -2.44. The number of fused-ring (bicyclic) bond motifs is 1. The van der Waals surface area contributed by atoms with Gasteiger partial charge in [-0.05, 0) is 56.4 Å². The Morgan fingerprint density at radius 1 is 1.09 bits per heavy atom. The van der Waals surface area contributed by atoms with E-state index in [4.69, 9.17) is 10.5 Å². The van der Waals surface area contributed by atoms with Crippen LogP contribution >= 0.6 is 0 Å². The molecule has 6 heteroatoms. The van der Waals surface area contributed by atoms with Crippen LogP contribution in [0.1, 0.15) is 69.7 Å². The molecule has 1 aliphatic carbocycles. The van der Waals surface area contributed by atoms with Crippen molar-refractivity contribution in [2.75, 3.05) is 19.7 Å². The van der Waals surface area contributed by atoms with Crippen LogP contribution in [-0.4, -0.2) is 46.4 Å². The number of nitrogens with two attached hydrogens (primary N) is 1. The fraction of sp³-hybridized carbons (Fsp3) is 0.654. The lowest BCUT2D eigenvalue weighted by atomic mass is 9.79. The van der Waals surface area contributed by atoms with Crippen molar-refractivity contribution in [2.24, 2.45) is 17.6 Å². The first-order chi connectivity index (χ1) is 15.5. The molecule has 4 rings (SSSR count). The van der Waals surface area contributed by atoms with Crippen LogP contribution in [0.2, 0.25) is 0 Å². The molecule has 2 heterocycles. The number of aliphatic hydroxyl groups is 1. The summed E-state index contributed by atoms with van der Waals surface area (Å²) in [6.45, 7) is 7.20. The standard InChI is InChI=1S/C26H39N3O3/c1-18(2)19-7-9-20(10-8-19)28-14-11-21(12-15-28)29-24-6-4-3-5-22(24)23(17-30)25(29)13-16-32-26(27)31/h3-6,18-21,30H,7-17H2,1-2H3,(H2,27,31)/t19-,20+. The molecule has 1 aromatic heterocycles. The molecule has 1 saturated carbocycles. The predicted octanol–water partition coefficient (Wildman–Crippen LogP) is 4.62. The molecule has 3 N–H and O–H groups in total. The molecule has 2 aliphatic rings. The van der Waals surface area contributed by atoms with Gasteiger partial charge < -0.3 is 25.0 Å². The van der Waals surface area contributed by atoms with Gasteiger partial charge in [0.05, 0.1) is 13.2 Å². The first-order valence-corrected chi connectivity index (χ1v) is 12.4. The van der Waals surface area contributed by atoms with Crippen molar-refractivity contribution in [3.05, 3.63) is 35.5 Å². The number of aliphatic hydroxyl groups excluding tert-OH is 1. The summed E-state index contributed by atoms with van der Waals surface area (Å²) in [6, 6.07) is 9.44. The summed E-state index contributed by atoms with van der Waals surface area (Å²) in [5.74, 6) is 1.71. The van der Waals surface area contributed by atoms with Gasteiger partial charge in [0.15, 0.2) is 0 Å². The highest BCUT2D eigenvalue weighted by Gasteiger charge is 2.31. The summed E-state index contributed by atoms with van der Waals surface area (Å²) in [5, 5.41) is 11.3. The highest BCUT2D eigenvalue weighted by Crippen LogP contribution is 2.37. The number of benzene rings is 1. The van der Waals surface area contributed by atoms with Crippen LogP contribution < -0.4 is 5.73 Å². The third-order valence-corrected chi connectivity index (χ3v) is 7.93. The third-order valence-electron chi connectivity index (χ3n) is 7.93. The maximum atomic E-state index is 11.1. The van der Waals surface area contributed by atoms with Crippen molar-refractivity contribution in [3.63, 3.8) is 0 Å². The maximum absolute atomic E-state index is 11.1. The molecular formula is C26H39N3O3. The van der Waals surface area contributed by atoms with Crippen molar-refractivity contribution >= 4 is 17.0 Å². The SMILES string of the molecule is CC(C)[C@H]1CC[C@@H](N2CCC(n3c(CCOC(N)=O)c(CO)c4ccccc43)CC2)CC1. The summed E-state index contributed by atoms with van der Waals surface area (Å²) in [7, 11) is 0. The number of primary amides is 1. The van der Waals surface area contributed by atoms with Crippen LogP contribution in [-0.2, 0) is 17.8 Å². The molecule has 32 heavy (non-hydrogen) atoms. The minimum atomic E-state index is -0.751. The van der Waals surface area contributed by atoms with Gasteiger partial charge in [0.25, 0.3) is 0 Å². The van der Waals surface area contributed by atoms with Gasteiger partial charge in [-0.1, -0.05) is 32.0 Å². The van der Waals surface area contributed by atoms with Gasteiger partial charge in [-0.25, -0.2) is 4.79 Å². The number of amides is 1. The van der Waals surface area contributed by atoms with Crippen molar-refractivity contribution < 1.29 is 14.6 Å². The number of carbonyl (C=O) groups is 1. The van der Waals surface area contributed by atoms with Gasteiger partial charge in [-0.3, -0.25) is 0 Å². The van der Waals surface area contributed by atoms with Crippen LogP contribution in [0.25, 0.3) is 10.9 Å². The van der Waals surface area contributed by atoms with E-state index < -0.39 is 6.09 Å². The van der Waals surface area contributed by atoms with Gasteiger partial charge in [0, 0.05) is 53.8 Å². The number of hydrogen-bond donors (Lipinski definition) is 2. The van der Waals surface area contributed by atoms with Crippen LogP contribution in [0, 0.1) is 11.8 Å². The van der Waals surface area contributed by atoms with E-state index >= 15 is 0 Å². The number of carbonyl (C=O) groups excluding carboxylic acids is 1. The molecule has 0 radical (unpaired) electrons. The van der Waals surface area contributed by atoms with Crippen molar-refractivity contribution in [3.8, 4) is 0 Å². The largest absolute Gasteiger partial charge is 0.449 e. The van der Waals surface area contributed by atoms with Crippen molar-refractivity contribution in [1.29, 1.82) is 0 Å². The first kappa shape index (κ1) is 23.1. The zero-order valence-corrected chi connectivity index (χ0v) is 19.6. The van der Waals surface area contributed by atoms with E-state index in [-0.39, 0.29) is 13.2 Å². The van der Waals surface area contributed by atoms with E-state index in [1.807, 2.05) is 6.07 Å². The number of nitrogens with zero attached hydrogens (tertiary/aromatic N) is 2. The summed E-state index contributed by atoms with van der Waals surface area (Å²) in [6.07, 6.45) is 7.44.